The Morgan fingerprint density at radius 1 is 1.12 bits per heavy atom. The van der Waals surface area contributed by atoms with Gasteiger partial charge in [0.05, 0.1) is 12.5 Å². The fourth-order valence-corrected chi connectivity index (χ4v) is 2.64. The van der Waals surface area contributed by atoms with Crippen molar-refractivity contribution < 1.29 is 9.59 Å². The van der Waals surface area contributed by atoms with E-state index in [0.717, 1.165) is 16.7 Å². The Morgan fingerprint density at radius 2 is 1.83 bits per heavy atom. The van der Waals surface area contributed by atoms with Crippen LogP contribution in [-0.2, 0) is 4.79 Å². The molecule has 3 rings (SSSR count). The molecule has 0 radical (unpaired) electrons. The lowest BCUT2D eigenvalue weighted by Crippen LogP contribution is -2.47. The van der Waals surface area contributed by atoms with Gasteiger partial charge in [0.25, 0.3) is 5.91 Å². The third kappa shape index (κ3) is 3.51. The minimum atomic E-state index is -0.286. The Balaban J connectivity index is 1.81. The van der Waals surface area contributed by atoms with E-state index in [0.29, 0.717) is 5.56 Å². The highest BCUT2D eigenvalue weighted by Gasteiger charge is 2.23. The van der Waals surface area contributed by atoms with Gasteiger partial charge in [-0.05, 0) is 31.0 Å². The van der Waals surface area contributed by atoms with E-state index in [1.807, 2.05) is 50.2 Å². The quantitative estimate of drug-likeness (QED) is 0.892. The number of guanidine groups is 1. The van der Waals surface area contributed by atoms with Gasteiger partial charge in [-0.2, -0.15) is 0 Å². The Morgan fingerprint density at radius 3 is 2.54 bits per heavy atom. The lowest BCUT2D eigenvalue weighted by molar-refractivity contribution is -0.120. The Labute approximate surface area is 140 Å². The molecule has 0 bridgehead atoms. The highest BCUT2D eigenvalue weighted by molar-refractivity contribution is 6.11. The normalized spacial score (nSPS) is 17.0. The molecule has 1 aliphatic rings. The molecular formula is C19H19N3O2. The summed E-state index contributed by atoms with van der Waals surface area (Å²) in [5.74, 6) is -0.238. The summed E-state index contributed by atoms with van der Waals surface area (Å²) >= 11 is 0. The number of aliphatic imine (C=N–C) groups is 1. The predicted molar refractivity (Wildman–Crippen MR) is 92.8 cm³/mol. The molecule has 0 aromatic heterocycles. The van der Waals surface area contributed by atoms with Crippen molar-refractivity contribution in [1.29, 1.82) is 0 Å². The van der Waals surface area contributed by atoms with E-state index in [1.165, 1.54) is 0 Å². The summed E-state index contributed by atoms with van der Waals surface area (Å²) in [5.41, 5.74) is 3.54. The Hall–Kier alpha value is -2.95. The molecule has 2 amide bonds. The van der Waals surface area contributed by atoms with Crippen LogP contribution in [0.5, 0.6) is 0 Å². The molecule has 1 aliphatic heterocycles. The van der Waals surface area contributed by atoms with Gasteiger partial charge in [-0.1, -0.05) is 48.0 Å². The molecule has 122 valence electrons. The van der Waals surface area contributed by atoms with Crippen LogP contribution in [0.4, 0.5) is 0 Å². The van der Waals surface area contributed by atoms with Crippen LogP contribution in [0.25, 0.3) is 0 Å². The number of hydrogen-bond donors (Lipinski definition) is 2. The molecule has 0 spiro atoms. The summed E-state index contributed by atoms with van der Waals surface area (Å²) in [4.78, 5) is 28.8. The number of benzene rings is 2. The van der Waals surface area contributed by atoms with Crippen LogP contribution in [0.3, 0.4) is 0 Å². The SMILES string of the molecule is Cc1ccc(C2CC(=O)NC(NC(=O)c3ccccc3C)=N2)cc1. The lowest BCUT2D eigenvalue weighted by Gasteiger charge is -2.21. The zero-order valence-electron chi connectivity index (χ0n) is 13.7. The average molecular weight is 321 g/mol. The first kappa shape index (κ1) is 15.9. The summed E-state index contributed by atoms with van der Waals surface area (Å²) in [6.45, 7) is 3.87. The van der Waals surface area contributed by atoms with Crippen LogP contribution in [-0.4, -0.2) is 17.8 Å². The fourth-order valence-electron chi connectivity index (χ4n) is 2.64. The molecule has 0 aliphatic carbocycles. The molecule has 1 heterocycles. The molecule has 2 N–H and O–H groups in total. The van der Waals surface area contributed by atoms with Crippen LogP contribution < -0.4 is 10.6 Å². The van der Waals surface area contributed by atoms with Gasteiger partial charge in [0, 0.05) is 5.56 Å². The van der Waals surface area contributed by atoms with E-state index in [1.54, 1.807) is 12.1 Å². The summed E-state index contributed by atoms with van der Waals surface area (Å²) in [6.07, 6.45) is 0.271. The maximum absolute atomic E-state index is 12.4. The van der Waals surface area contributed by atoms with Crippen LogP contribution in [0, 0.1) is 13.8 Å². The standard InChI is InChI=1S/C19H19N3O2/c1-12-7-9-14(10-8-12)16-11-17(23)21-19(20-16)22-18(24)15-6-4-3-5-13(15)2/h3-10,16H,11H2,1-2H3,(H2,20,21,22,23,24). The number of nitrogens with one attached hydrogen (secondary N) is 2. The van der Waals surface area contributed by atoms with E-state index < -0.39 is 0 Å². The first-order chi connectivity index (χ1) is 11.5. The highest BCUT2D eigenvalue weighted by atomic mass is 16.2. The van der Waals surface area contributed by atoms with Gasteiger partial charge < -0.3 is 0 Å². The highest BCUT2D eigenvalue weighted by Crippen LogP contribution is 2.23. The molecule has 24 heavy (non-hydrogen) atoms. The molecule has 1 unspecified atom stereocenters. The van der Waals surface area contributed by atoms with Gasteiger partial charge in [-0.25, -0.2) is 4.99 Å². The second-order valence-corrected chi connectivity index (χ2v) is 5.93. The van der Waals surface area contributed by atoms with Crippen LogP contribution in [0.15, 0.2) is 53.5 Å². The zero-order chi connectivity index (χ0) is 17.1. The molecule has 0 saturated heterocycles. The summed E-state index contributed by atoms with van der Waals surface area (Å²) in [6, 6.07) is 14.9. The summed E-state index contributed by atoms with van der Waals surface area (Å²) in [7, 11) is 0. The third-order valence-corrected chi connectivity index (χ3v) is 4.01. The van der Waals surface area contributed by atoms with Crippen molar-refractivity contribution in [2.45, 2.75) is 26.3 Å². The molecule has 1 atom stereocenters. The van der Waals surface area contributed by atoms with E-state index in [4.69, 9.17) is 0 Å². The van der Waals surface area contributed by atoms with E-state index in [9.17, 15) is 9.59 Å². The van der Waals surface area contributed by atoms with E-state index in [2.05, 4.69) is 15.6 Å². The van der Waals surface area contributed by atoms with Gasteiger partial charge in [-0.15, -0.1) is 0 Å². The third-order valence-electron chi connectivity index (χ3n) is 4.01. The molecule has 5 heteroatoms. The minimum Gasteiger partial charge on any atom is -0.296 e. The number of carbonyl (C=O) groups is 2. The van der Waals surface area contributed by atoms with Crippen molar-refractivity contribution in [3.63, 3.8) is 0 Å². The largest absolute Gasteiger partial charge is 0.296 e. The van der Waals surface area contributed by atoms with Gasteiger partial charge in [0.2, 0.25) is 11.9 Å². The van der Waals surface area contributed by atoms with Gasteiger partial charge in [-0.3, -0.25) is 20.2 Å². The number of aryl methyl sites for hydroxylation is 2. The van der Waals surface area contributed by atoms with Crippen molar-refractivity contribution in [3.05, 3.63) is 70.8 Å². The second kappa shape index (κ2) is 6.66. The number of rotatable bonds is 2. The first-order valence-corrected chi connectivity index (χ1v) is 7.84. The second-order valence-electron chi connectivity index (χ2n) is 5.93. The van der Waals surface area contributed by atoms with E-state index in [-0.39, 0.29) is 30.2 Å². The monoisotopic (exact) mass is 321 g/mol. The molecule has 5 nitrogen and oxygen atoms in total. The van der Waals surface area contributed by atoms with Crippen molar-refractivity contribution in [2.24, 2.45) is 4.99 Å². The maximum atomic E-state index is 12.4. The van der Waals surface area contributed by atoms with Crippen molar-refractivity contribution in [3.8, 4) is 0 Å². The van der Waals surface area contributed by atoms with Gasteiger partial charge in [0.1, 0.15) is 0 Å². The number of hydrogen-bond acceptors (Lipinski definition) is 3. The smallest absolute Gasteiger partial charge is 0.258 e. The molecule has 0 saturated carbocycles. The molecule has 2 aromatic rings. The Kier molecular flexibility index (Phi) is 4.42. The van der Waals surface area contributed by atoms with Gasteiger partial charge >= 0.3 is 0 Å². The van der Waals surface area contributed by atoms with Crippen molar-refractivity contribution in [1.82, 2.24) is 10.6 Å². The number of amides is 2. The first-order valence-electron chi connectivity index (χ1n) is 7.84. The summed E-state index contributed by atoms with van der Waals surface area (Å²) < 4.78 is 0. The summed E-state index contributed by atoms with van der Waals surface area (Å²) in [5, 5.41) is 5.32. The fraction of sp³-hybridized carbons (Fsp3) is 0.211. The molecule has 0 fully saturated rings. The van der Waals surface area contributed by atoms with Crippen molar-refractivity contribution >= 4 is 17.8 Å². The predicted octanol–water partition coefficient (Wildman–Crippen LogP) is 2.65. The van der Waals surface area contributed by atoms with E-state index >= 15 is 0 Å². The topological polar surface area (TPSA) is 70.6 Å². The zero-order valence-corrected chi connectivity index (χ0v) is 13.7. The number of carbonyl (C=O) groups excluding carboxylic acids is 2. The Bertz CT molecular complexity index is 810. The average Bonchev–Trinajstić information content (AvgIpc) is 2.55. The van der Waals surface area contributed by atoms with Crippen LogP contribution >= 0.6 is 0 Å². The van der Waals surface area contributed by atoms with Crippen LogP contribution in [0.2, 0.25) is 0 Å². The molecular weight excluding hydrogens is 302 g/mol. The van der Waals surface area contributed by atoms with Gasteiger partial charge in [0.15, 0.2) is 0 Å². The van der Waals surface area contributed by atoms with Crippen molar-refractivity contribution in [2.75, 3.05) is 0 Å². The maximum Gasteiger partial charge on any atom is 0.258 e. The van der Waals surface area contributed by atoms with Crippen LogP contribution in [0.1, 0.15) is 39.5 Å². The number of nitrogens with zero attached hydrogens (tertiary/aromatic N) is 1. The molecule has 2 aromatic carbocycles. The minimum absolute atomic E-state index is 0.157. The lowest BCUT2D eigenvalue weighted by atomic mass is 10.0.